The summed E-state index contributed by atoms with van der Waals surface area (Å²) in [6.45, 7) is 2.36. The Hall–Kier alpha value is 2.49. The maximum atomic E-state index is 3.38. The van der Waals surface area contributed by atoms with Crippen molar-refractivity contribution in [3.63, 3.8) is 0 Å². The maximum Gasteiger partial charge on any atom is 0 e. The zero-order valence-corrected chi connectivity index (χ0v) is 17.5. The minimum absolute atomic E-state index is 0. The first-order valence-corrected chi connectivity index (χ1v) is 4.72. The first kappa shape index (κ1) is 19.8. The predicted octanol–water partition coefficient (Wildman–Crippen LogP) is 2.15. The zero-order valence-electron chi connectivity index (χ0n) is 9.02. The maximum absolute atomic E-state index is 3.38. The molecular formula is C11H15NY3. The van der Waals surface area contributed by atoms with Crippen LogP contribution in [0.5, 0.6) is 0 Å². The van der Waals surface area contributed by atoms with Crippen molar-refractivity contribution >= 4 is 0 Å². The summed E-state index contributed by atoms with van der Waals surface area (Å²) in [5.74, 6) is 0.799. The summed E-state index contributed by atoms with van der Waals surface area (Å²) in [4.78, 5) is 0. The van der Waals surface area contributed by atoms with E-state index in [1.807, 2.05) is 0 Å². The molecule has 1 fully saturated rings. The van der Waals surface area contributed by atoms with E-state index in [-0.39, 0.29) is 98.1 Å². The smallest absolute Gasteiger partial charge is 0 e. The van der Waals surface area contributed by atoms with Crippen LogP contribution in [-0.4, -0.2) is 13.1 Å². The molecule has 1 aliphatic heterocycles. The Morgan fingerprint density at radius 2 is 1.40 bits per heavy atom. The molecule has 1 saturated heterocycles. The molecule has 1 N–H and O–H groups in total. The summed E-state index contributed by atoms with van der Waals surface area (Å²) in [7, 11) is 0. The topological polar surface area (TPSA) is 12.0 Å². The van der Waals surface area contributed by atoms with Crippen molar-refractivity contribution in [1.82, 2.24) is 5.32 Å². The summed E-state index contributed by atoms with van der Waals surface area (Å²) in [5, 5.41) is 3.38. The van der Waals surface area contributed by atoms with Gasteiger partial charge in [-0.05, 0) is 37.4 Å². The monoisotopic (exact) mass is 428 g/mol. The van der Waals surface area contributed by atoms with Gasteiger partial charge in [0, 0.05) is 98.1 Å². The molecule has 2 rings (SSSR count). The van der Waals surface area contributed by atoms with Crippen LogP contribution in [0.15, 0.2) is 30.3 Å². The van der Waals surface area contributed by atoms with Crippen molar-refractivity contribution in [2.75, 3.05) is 13.1 Å². The van der Waals surface area contributed by atoms with Crippen LogP contribution in [0.2, 0.25) is 0 Å². The molecule has 0 aliphatic carbocycles. The zero-order chi connectivity index (χ0) is 8.23. The van der Waals surface area contributed by atoms with Gasteiger partial charge in [0.1, 0.15) is 0 Å². The van der Waals surface area contributed by atoms with Gasteiger partial charge in [-0.25, -0.2) is 0 Å². The van der Waals surface area contributed by atoms with Crippen LogP contribution >= 0.6 is 0 Å². The van der Waals surface area contributed by atoms with Crippen LogP contribution in [0.4, 0.5) is 0 Å². The second-order valence-electron chi connectivity index (χ2n) is 3.43. The molecule has 0 saturated carbocycles. The molecule has 15 heavy (non-hydrogen) atoms. The van der Waals surface area contributed by atoms with Crippen LogP contribution in [0.25, 0.3) is 0 Å². The van der Waals surface area contributed by atoms with Gasteiger partial charge in [0.2, 0.25) is 0 Å². The Kier molecular flexibility index (Phi) is 15.3. The van der Waals surface area contributed by atoms with Crippen LogP contribution in [-0.2, 0) is 98.1 Å². The Balaban J connectivity index is 0. The summed E-state index contributed by atoms with van der Waals surface area (Å²) < 4.78 is 0. The molecule has 0 amide bonds. The van der Waals surface area contributed by atoms with E-state index in [1.54, 1.807) is 0 Å². The van der Waals surface area contributed by atoms with Crippen molar-refractivity contribution in [1.29, 1.82) is 0 Å². The summed E-state index contributed by atoms with van der Waals surface area (Å²) in [6.07, 6.45) is 2.59. The Bertz CT molecular complexity index is 235. The average Bonchev–Trinajstić information content (AvgIpc) is 2.21. The first-order valence-electron chi connectivity index (χ1n) is 4.72. The molecule has 1 aliphatic rings. The predicted molar refractivity (Wildman–Crippen MR) is 51.3 cm³/mol. The van der Waals surface area contributed by atoms with Crippen LogP contribution in [0, 0.1) is 0 Å². The molecule has 1 aromatic rings. The fourth-order valence-electron chi connectivity index (χ4n) is 1.88. The Labute approximate surface area is 168 Å². The molecular weight excluding hydrogens is 413 g/mol. The molecule has 3 radical (unpaired) electrons. The van der Waals surface area contributed by atoms with E-state index in [4.69, 9.17) is 0 Å². The number of piperidine rings is 1. The van der Waals surface area contributed by atoms with Gasteiger partial charge in [-0.3, -0.25) is 0 Å². The number of rotatable bonds is 1. The fourth-order valence-corrected chi connectivity index (χ4v) is 1.88. The van der Waals surface area contributed by atoms with Gasteiger partial charge in [-0.2, -0.15) is 0 Å². The van der Waals surface area contributed by atoms with Crippen molar-refractivity contribution in [3.05, 3.63) is 35.9 Å². The van der Waals surface area contributed by atoms with Gasteiger partial charge in [0.25, 0.3) is 0 Å². The molecule has 4 heteroatoms. The summed E-state index contributed by atoms with van der Waals surface area (Å²) >= 11 is 0. The van der Waals surface area contributed by atoms with Gasteiger partial charge >= 0.3 is 0 Å². The number of hydrogen-bond acceptors (Lipinski definition) is 1. The summed E-state index contributed by atoms with van der Waals surface area (Å²) in [6, 6.07) is 10.9. The van der Waals surface area contributed by atoms with Crippen molar-refractivity contribution in [2.24, 2.45) is 0 Å². The van der Waals surface area contributed by atoms with Gasteiger partial charge < -0.3 is 5.32 Å². The van der Waals surface area contributed by atoms with Gasteiger partial charge in [0.15, 0.2) is 0 Å². The second-order valence-corrected chi connectivity index (χ2v) is 3.43. The number of benzene rings is 1. The third-order valence-electron chi connectivity index (χ3n) is 2.61. The first-order chi connectivity index (χ1) is 5.97. The summed E-state index contributed by atoms with van der Waals surface area (Å²) in [5.41, 5.74) is 1.51. The van der Waals surface area contributed by atoms with E-state index < -0.39 is 0 Å². The normalized spacial score (nSPS) is 15.5. The standard InChI is InChI=1S/C11H15N.3Y/c1-2-4-10(5-3-1)11-6-8-12-9-7-11;;;/h1-5,11-12H,6-9H2;;;. The van der Waals surface area contributed by atoms with Gasteiger partial charge in [-0.1, -0.05) is 30.3 Å². The SMILES string of the molecule is [Y].[Y].[Y].c1ccc(C2CCNCC2)cc1. The molecule has 73 valence electrons. The van der Waals surface area contributed by atoms with Gasteiger partial charge in [-0.15, -0.1) is 0 Å². The van der Waals surface area contributed by atoms with E-state index in [9.17, 15) is 0 Å². The van der Waals surface area contributed by atoms with Crippen LogP contribution in [0.3, 0.4) is 0 Å². The number of hydrogen-bond donors (Lipinski definition) is 1. The van der Waals surface area contributed by atoms with Crippen molar-refractivity contribution < 1.29 is 98.1 Å². The molecule has 0 unspecified atom stereocenters. The van der Waals surface area contributed by atoms with E-state index in [1.165, 1.54) is 31.5 Å². The molecule has 0 aromatic heterocycles. The third-order valence-corrected chi connectivity index (χ3v) is 2.61. The van der Waals surface area contributed by atoms with Crippen LogP contribution in [0.1, 0.15) is 24.3 Å². The molecule has 1 heterocycles. The van der Waals surface area contributed by atoms with Crippen LogP contribution < -0.4 is 5.32 Å². The number of nitrogens with one attached hydrogen (secondary N) is 1. The van der Waals surface area contributed by atoms with Crippen molar-refractivity contribution in [2.45, 2.75) is 18.8 Å². The fraction of sp³-hybridized carbons (Fsp3) is 0.455. The van der Waals surface area contributed by atoms with E-state index in [2.05, 4.69) is 35.6 Å². The Morgan fingerprint density at radius 1 is 0.867 bits per heavy atom. The molecule has 0 bridgehead atoms. The van der Waals surface area contributed by atoms with E-state index in [0.717, 1.165) is 5.92 Å². The molecule has 1 aromatic carbocycles. The molecule has 0 spiro atoms. The van der Waals surface area contributed by atoms with Crippen molar-refractivity contribution in [3.8, 4) is 0 Å². The largest absolute Gasteiger partial charge is 0.317 e. The quantitative estimate of drug-likeness (QED) is 0.724. The average molecular weight is 428 g/mol. The Morgan fingerprint density at radius 3 is 1.93 bits per heavy atom. The minimum Gasteiger partial charge on any atom is -0.317 e. The van der Waals surface area contributed by atoms with E-state index >= 15 is 0 Å². The third kappa shape index (κ3) is 6.85. The van der Waals surface area contributed by atoms with Gasteiger partial charge in [0.05, 0.1) is 0 Å². The second kappa shape index (κ2) is 11.6. The van der Waals surface area contributed by atoms with E-state index in [0.29, 0.717) is 0 Å². The molecule has 1 nitrogen and oxygen atoms in total. The minimum atomic E-state index is 0. The molecule has 0 atom stereocenters.